The Morgan fingerprint density at radius 1 is 1.19 bits per heavy atom. The molecule has 0 aliphatic carbocycles. The van der Waals surface area contributed by atoms with E-state index >= 15 is 0 Å². The molecular formula is C20H22ClNO3S. The van der Waals surface area contributed by atoms with Gasteiger partial charge < -0.3 is 14.3 Å². The predicted molar refractivity (Wildman–Crippen MR) is 106 cm³/mol. The van der Waals surface area contributed by atoms with Crippen LogP contribution in [0.2, 0.25) is 4.34 Å². The van der Waals surface area contributed by atoms with Gasteiger partial charge in [-0.2, -0.15) is 0 Å². The first-order valence-electron chi connectivity index (χ1n) is 8.63. The maximum absolute atomic E-state index is 10.0. The van der Waals surface area contributed by atoms with Crippen molar-refractivity contribution in [2.75, 3.05) is 6.61 Å². The molecule has 0 aliphatic rings. The first kappa shape index (κ1) is 19.1. The molecule has 6 heteroatoms. The number of thiophene rings is 1. The monoisotopic (exact) mass is 391 g/mol. The zero-order valence-electron chi connectivity index (χ0n) is 15.0. The van der Waals surface area contributed by atoms with E-state index in [9.17, 15) is 5.11 Å². The molecule has 0 saturated heterocycles. The molecule has 138 valence electrons. The van der Waals surface area contributed by atoms with E-state index in [1.807, 2.05) is 31.2 Å². The second-order valence-electron chi connectivity index (χ2n) is 6.29. The Morgan fingerprint density at radius 2 is 1.92 bits per heavy atom. The molecule has 1 unspecified atom stereocenters. The number of benzene rings is 1. The molecular weight excluding hydrogens is 370 g/mol. The summed E-state index contributed by atoms with van der Waals surface area (Å²) in [6, 6.07) is 11.9. The fourth-order valence-electron chi connectivity index (χ4n) is 2.67. The highest BCUT2D eigenvalue weighted by Crippen LogP contribution is 2.36. The zero-order valence-corrected chi connectivity index (χ0v) is 16.6. The van der Waals surface area contributed by atoms with Crippen LogP contribution in [-0.2, 0) is 11.2 Å². The summed E-state index contributed by atoms with van der Waals surface area (Å²) >= 11 is 7.49. The number of oxazole rings is 1. The summed E-state index contributed by atoms with van der Waals surface area (Å²) in [5.74, 6) is 1.62. The summed E-state index contributed by atoms with van der Waals surface area (Å²) in [6.07, 6.45) is -0.665. The van der Waals surface area contributed by atoms with Gasteiger partial charge in [0.1, 0.15) is 0 Å². The Kier molecular flexibility index (Phi) is 6.14. The van der Waals surface area contributed by atoms with Crippen molar-refractivity contribution in [3.8, 4) is 22.1 Å². The van der Waals surface area contributed by atoms with Crippen LogP contribution in [-0.4, -0.2) is 23.0 Å². The van der Waals surface area contributed by atoms with Gasteiger partial charge in [0.15, 0.2) is 12.1 Å². The molecule has 0 amide bonds. The van der Waals surface area contributed by atoms with Gasteiger partial charge in [-0.25, -0.2) is 4.98 Å². The smallest absolute Gasteiger partial charge is 0.227 e. The fraction of sp³-hybridized carbons (Fsp3) is 0.350. The Labute approximate surface area is 162 Å². The second kappa shape index (κ2) is 8.35. The molecule has 4 nitrogen and oxygen atoms in total. The van der Waals surface area contributed by atoms with E-state index in [2.05, 4.69) is 31.0 Å². The quantitative estimate of drug-likeness (QED) is 0.521. The van der Waals surface area contributed by atoms with Gasteiger partial charge in [0.2, 0.25) is 5.89 Å². The van der Waals surface area contributed by atoms with Gasteiger partial charge >= 0.3 is 0 Å². The maximum Gasteiger partial charge on any atom is 0.227 e. The molecule has 0 bridgehead atoms. The molecule has 1 N–H and O–H groups in total. The highest BCUT2D eigenvalue weighted by molar-refractivity contribution is 7.19. The number of rotatable bonds is 7. The lowest BCUT2D eigenvalue weighted by Gasteiger charge is -2.08. The molecule has 0 fully saturated rings. The van der Waals surface area contributed by atoms with E-state index in [4.69, 9.17) is 20.8 Å². The fourth-order valence-corrected chi connectivity index (χ4v) is 3.72. The summed E-state index contributed by atoms with van der Waals surface area (Å²) < 4.78 is 12.0. The van der Waals surface area contributed by atoms with Crippen molar-refractivity contribution in [1.29, 1.82) is 0 Å². The van der Waals surface area contributed by atoms with Gasteiger partial charge in [0, 0.05) is 18.6 Å². The van der Waals surface area contributed by atoms with E-state index in [0.29, 0.717) is 34.2 Å². The third-order valence-corrected chi connectivity index (χ3v) is 5.28. The summed E-state index contributed by atoms with van der Waals surface area (Å²) in [4.78, 5) is 5.50. The largest absolute Gasteiger partial charge is 0.435 e. The van der Waals surface area contributed by atoms with Gasteiger partial charge in [0.25, 0.3) is 0 Å². The summed E-state index contributed by atoms with van der Waals surface area (Å²) in [6.45, 7) is 6.59. The van der Waals surface area contributed by atoms with Crippen LogP contribution in [0.15, 0.2) is 40.8 Å². The highest BCUT2D eigenvalue weighted by atomic mass is 35.5. The van der Waals surface area contributed by atoms with Crippen molar-refractivity contribution in [2.24, 2.45) is 0 Å². The van der Waals surface area contributed by atoms with Crippen LogP contribution in [0.3, 0.4) is 0 Å². The Balaban J connectivity index is 1.97. The van der Waals surface area contributed by atoms with Crippen LogP contribution >= 0.6 is 22.9 Å². The van der Waals surface area contributed by atoms with Gasteiger partial charge in [-0.3, -0.25) is 0 Å². The number of aromatic nitrogens is 1. The van der Waals surface area contributed by atoms with E-state index in [-0.39, 0.29) is 6.42 Å². The molecule has 3 rings (SSSR count). The van der Waals surface area contributed by atoms with Gasteiger partial charge in [-0.1, -0.05) is 37.6 Å². The van der Waals surface area contributed by atoms with Crippen molar-refractivity contribution in [1.82, 2.24) is 4.98 Å². The molecule has 3 aromatic rings. The summed E-state index contributed by atoms with van der Waals surface area (Å²) in [5.41, 5.74) is 2.82. The van der Waals surface area contributed by atoms with Crippen molar-refractivity contribution in [3.63, 3.8) is 0 Å². The third-order valence-electron chi connectivity index (χ3n) is 4.05. The Bertz CT molecular complexity index is 854. The van der Waals surface area contributed by atoms with E-state index in [1.165, 1.54) is 16.9 Å². The van der Waals surface area contributed by atoms with Crippen LogP contribution in [0, 0.1) is 0 Å². The molecule has 0 spiro atoms. The lowest BCUT2D eigenvalue weighted by molar-refractivity contribution is -0.0932. The third kappa shape index (κ3) is 4.35. The second-order valence-corrected chi connectivity index (χ2v) is 8.00. The molecule has 26 heavy (non-hydrogen) atoms. The maximum atomic E-state index is 10.0. The van der Waals surface area contributed by atoms with Crippen LogP contribution in [0.4, 0.5) is 0 Å². The topological polar surface area (TPSA) is 55.5 Å². The molecule has 0 saturated carbocycles. The lowest BCUT2D eigenvalue weighted by atomic mass is 10.0. The van der Waals surface area contributed by atoms with Gasteiger partial charge in [-0.15, -0.1) is 11.3 Å². The Hall–Kier alpha value is -1.66. The van der Waals surface area contributed by atoms with Crippen LogP contribution < -0.4 is 0 Å². The SMILES string of the molecule is CCOC(O)Cc1nc(-c2ccc(C(C)C)cc2)oc1-c1ccc(Cl)s1. The molecule has 0 radical (unpaired) electrons. The zero-order chi connectivity index (χ0) is 18.7. The average molecular weight is 392 g/mol. The van der Waals surface area contributed by atoms with Crippen molar-refractivity contribution < 1.29 is 14.3 Å². The van der Waals surface area contributed by atoms with Crippen LogP contribution in [0.25, 0.3) is 22.1 Å². The Morgan fingerprint density at radius 3 is 2.50 bits per heavy atom. The molecule has 1 atom stereocenters. The van der Waals surface area contributed by atoms with Gasteiger partial charge in [-0.05, 0) is 42.7 Å². The van der Waals surface area contributed by atoms with Crippen LogP contribution in [0.5, 0.6) is 0 Å². The normalized spacial score (nSPS) is 12.7. The standard InChI is InChI=1S/C20H22ClNO3S/c1-4-24-18(23)11-15-19(16-9-10-17(21)26-16)25-20(22-15)14-7-5-13(6-8-14)12(2)3/h5-10,12,18,23H,4,11H2,1-3H3. The van der Waals surface area contributed by atoms with Crippen molar-refractivity contribution in [3.05, 3.63) is 52.0 Å². The first-order chi connectivity index (χ1) is 12.5. The number of hydrogen-bond acceptors (Lipinski definition) is 5. The number of nitrogens with zero attached hydrogens (tertiary/aromatic N) is 1. The minimum Gasteiger partial charge on any atom is -0.435 e. The predicted octanol–water partition coefficient (Wildman–Crippen LogP) is 5.74. The average Bonchev–Trinajstić information content (AvgIpc) is 3.21. The number of aliphatic hydroxyl groups excluding tert-OH is 1. The lowest BCUT2D eigenvalue weighted by Crippen LogP contribution is -2.15. The highest BCUT2D eigenvalue weighted by Gasteiger charge is 2.20. The minimum absolute atomic E-state index is 0.256. The van der Waals surface area contributed by atoms with Crippen molar-refractivity contribution >= 4 is 22.9 Å². The number of ether oxygens (including phenoxy) is 1. The number of aliphatic hydroxyl groups is 1. The van der Waals surface area contributed by atoms with E-state index < -0.39 is 6.29 Å². The van der Waals surface area contributed by atoms with Crippen molar-refractivity contribution in [2.45, 2.75) is 39.4 Å². The molecule has 1 aromatic carbocycles. The molecule has 2 aromatic heterocycles. The number of hydrogen-bond donors (Lipinski definition) is 1. The van der Waals surface area contributed by atoms with E-state index in [0.717, 1.165) is 10.4 Å². The van der Waals surface area contributed by atoms with E-state index in [1.54, 1.807) is 0 Å². The summed E-state index contributed by atoms with van der Waals surface area (Å²) in [5, 5.41) is 10.0. The first-order valence-corrected chi connectivity index (χ1v) is 9.82. The number of halogens is 1. The van der Waals surface area contributed by atoms with Gasteiger partial charge in [0.05, 0.1) is 14.9 Å². The minimum atomic E-state index is -0.921. The summed E-state index contributed by atoms with van der Waals surface area (Å²) in [7, 11) is 0. The molecule has 0 aliphatic heterocycles. The molecule has 2 heterocycles. The van der Waals surface area contributed by atoms with Crippen LogP contribution in [0.1, 0.15) is 37.9 Å².